The summed E-state index contributed by atoms with van der Waals surface area (Å²) in [5.74, 6) is 0. The van der Waals surface area contributed by atoms with Crippen LogP contribution in [-0.2, 0) is 4.74 Å². The number of likely N-dealkylation sites (tertiary alicyclic amines) is 1. The SMILES string of the molecule is C=Cc1c(C=C)n(C2CC(N)CN(C(=O)OC(C)(C)C)C2)c2ccccc12. The minimum absolute atomic E-state index is 0.0490. The first-order valence-electron chi connectivity index (χ1n) is 9.36. The van der Waals surface area contributed by atoms with E-state index in [1.54, 1.807) is 4.90 Å². The number of ether oxygens (including phenoxy) is 1. The van der Waals surface area contributed by atoms with Crippen molar-refractivity contribution in [3.05, 3.63) is 48.7 Å². The van der Waals surface area contributed by atoms with Crippen LogP contribution >= 0.6 is 0 Å². The highest BCUT2D eigenvalue weighted by atomic mass is 16.6. The number of aromatic nitrogens is 1. The number of para-hydroxylation sites is 1. The second kappa shape index (κ2) is 7.24. The lowest BCUT2D eigenvalue weighted by atomic mass is 10.0. The molecule has 2 aromatic rings. The Hall–Kier alpha value is -2.53. The van der Waals surface area contributed by atoms with Gasteiger partial charge in [-0.3, -0.25) is 0 Å². The molecule has 1 aromatic heterocycles. The molecule has 1 fully saturated rings. The second-order valence-corrected chi connectivity index (χ2v) is 8.13. The zero-order valence-corrected chi connectivity index (χ0v) is 16.4. The van der Waals surface area contributed by atoms with Gasteiger partial charge in [-0.05, 0) is 39.3 Å². The van der Waals surface area contributed by atoms with Crippen molar-refractivity contribution in [2.45, 2.75) is 44.9 Å². The third-order valence-corrected chi connectivity index (χ3v) is 4.86. The van der Waals surface area contributed by atoms with Gasteiger partial charge in [0.2, 0.25) is 0 Å². The zero-order chi connectivity index (χ0) is 19.8. The summed E-state index contributed by atoms with van der Waals surface area (Å²) in [7, 11) is 0. The Bertz CT molecular complexity index is 876. The molecule has 3 rings (SSSR count). The van der Waals surface area contributed by atoms with Gasteiger partial charge in [0.05, 0.1) is 6.04 Å². The maximum atomic E-state index is 12.6. The molecule has 0 saturated carbocycles. The van der Waals surface area contributed by atoms with Gasteiger partial charge < -0.3 is 19.9 Å². The lowest BCUT2D eigenvalue weighted by molar-refractivity contribution is 0.0154. The largest absolute Gasteiger partial charge is 0.444 e. The van der Waals surface area contributed by atoms with Crippen molar-refractivity contribution < 1.29 is 9.53 Å². The van der Waals surface area contributed by atoms with Crippen LogP contribution in [0.1, 0.15) is 44.5 Å². The van der Waals surface area contributed by atoms with Crippen molar-refractivity contribution in [1.82, 2.24) is 9.47 Å². The van der Waals surface area contributed by atoms with Gasteiger partial charge in [0, 0.05) is 41.3 Å². The first-order valence-corrected chi connectivity index (χ1v) is 9.36. The Morgan fingerprint density at radius 3 is 2.56 bits per heavy atom. The van der Waals surface area contributed by atoms with E-state index in [0.717, 1.165) is 28.6 Å². The molecule has 1 aliphatic heterocycles. The third kappa shape index (κ3) is 3.78. The van der Waals surface area contributed by atoms with Crippen LogP contribution < -0.4 is 5.73 Å². The molecule has 0 radical (unpaired) electrons. The van der Waals surface area contributed by atoms with E-state index in [1.165, 1.54) is 0 Å². The molecule has 5 nitrogen and oxygen atoms in total. The normalized spacial score (nSPS) is 20.5. The summed E-state index contributed by atoms with van der Waals surface area (Å²) in [5.41, 5.74) is 8.96. The van der Waals surface area contributed by atoms with Crippen molar-refractivity contribution in [3.63, 3.8) is 0 Å². The quantitative estimate of drug-likeness (QED) is 0.872. The van der Waals surface area contributed by atoms with Crippen LogP contribution in [0.2, 0.25) is 0 Å². The number of nitrogens with zero attached hydrogens (tertiary/aromatic N) is 2. The number of hydrogen-bond donors (Lipinski definition) is 1. The number of carbonyl (C=O) groups excluding carboxylic acids is 1. The van der Waals surface area contributed by atoms with Gasteiger partial charge in [-0.2, -0.15) is 0 Å². The fraction of sp³-hybridized carbons (Fsp3) is 0.409. The fourth-order valence-corrected chi connectivity index (χ4v) is 3.90. The number of piperidine rings is 1. The number of amides is 1. The van der Waals surface area contributed by atoms with E-state index in [-0.39, 0.29) is 18.2 Å². The van der Waals surface area contributed by atoms with Crippen LogP contribution in [0.25, 0.3) is 23.1 Å². The average molecular weight is 367 g/mol. The number of fused-ring (bicyclic) bond motifs is 1. The molecule has 2 heterocycles. The summed E-state index contributed by atoms with van der Waals surface area (Å²) < 4.78 is 7.81. The molecular formula is C22H29N3O2. The second-order valence-electron chi connectivity index (χ2n) is 8.13. The Kier molecular flexibility index (Phi) is 5.16. The summed E-state index contributed by atoms with van der Waals surface area (Å²) >= 11 is 0. The average Bonchev–Trinajstić information content (AvgIpc) is 2.93. The van der Waals surface area contributed by atoms with Crippen LogP contribution in [0, 0.1) is 0 Å². The van der Waals surface area contributed by atoms with Crippen LogP contribution in [0.5, 0.6) is 0 Å². The molecule has 2 unspecified atom stereocenters. The highest BCUT2D eigenvalue weighted by molar-refractivity contribution is 5.93. The molecule has 144 valence electrons. The number of rotatable bonds is 3. The standard InChI is InChI=1S/C22H29N3O2/c1-6-17-18-10-8-9-11-20(18)25(19(17)7-2)16-12-15(23)13-24(14-16)21(26)27-22(3,4)5/h6-11,15-16H,1-2,12-14,23H2,3-5H3. The molecule has 1 aliphatic rings. The first-order chi connectivity index (χ1) is 12.7. The van der Waals surface area contributed by atoms with E-state index < -0.39 is 5.60 Å². The van der Waals surface area contributed by atoms with Gasteiger partial charge >= 0.3 is 6.09 Å². The van der Waals surface area contributed by atoms with E-state index in [0.29, 0.717) is 13.1 Å². The molecule has 1 aromatic carbocycles. The predicted octanol–water partition coefficient (Wildman–Crippen LogP) is 4.44. The van der Waals surface area contributed by atoms with Crippen LogP contribution in [-0.4, -0.2) is 40.3 Å². The summed E-state index contributed by atoms with van der Waals surface area (Å²) in [5, 5.41) is 1.13. The summed E-state index contributed by atoms with van der Waals surface area (Å²) in [4.78, 5) is 14.3. The molecule has 2 atom stereocenters. The van der Waals surface area contributed by atoms with Gasteiger partial charge in [0.25, 0.3) is 0 Å². The van der Waals surface area contributed by atoms with Crippen molar-refractivity contribution in [3.8, 4) is 0 Å². The Morgan fingerprint density at radius 2 is 1.93 bits per heavy atom. The van der Waals surface area contributed by atoms with E-state index >= 15 is 0 Å². The summed E-state index contributed by atoms with van der Waals surface area (Å²) in [6.07, 6.45) is 4.19. The fourth-order valence-electron chi connectivity index (χ4n) is 3.90. The molecular weight excluding hydrogens is 338 g/mol. The summed E-state index contributed by atoms with van der Waals surface area (Å²) in [6, 6.07) is 8.16. The van der Waals surface area contributed by atoms with E-state index in [1.807, 2.05) is 45.1 Å². The lowest BCUT2D eigenvalue weighted by Gasteiger charge is -2.38. The molecule has 0 spiro atoms. The van der Waals surface area contributed by atoms with Crippen molar-refractivity contribution in [1.29, 1.82) is 0 Å². The lowest BCUT2D eigenvalue weighted by Crippen LogP contribution is -2.51. The smallest absolute Gasteiger partial charge is 0.410 e. The number of carbonyl (C=O) groups is 1. The minimum atomic E-state index is -0.531. The molecule has 1 saturated heterocycles. The van der Waals surface area contributed by atoms with Crippen LogP contribution in [0.3, 0.4) is 0 Å². The molecule has 2 N–H and O–H groups in total. The molecule has 27 heavy (non-hydrogen) atoms. The maximum absolute atomic E-state index is 12.6. The van der Waals surface area contributed by atoms with E-state index in [4.69, 9.17) is 10.5 Å². The highest BCUT2D eigenvalue weighted by Gasteiger charge is 2.33. The van der Waals surface area contributed by atoms with E-state index in [2.05, 4.69) is 29.9 Å². The van der Waals surface area contributed by atoms with Crippen LogP contribution in [0.15, 0.2) is 37.4 Å². The Morgan fingerprint density at radius 1 is 1.22 bits per heavy atom. The van der Waals surface area contributed by atoms with Gasteiger partial charge in [0.15, 0.2) is 0 Å². The van der Waals surface area contributed by atoms with Gasteiger partial charge in [0.1, 0.15) is 5.60 Å². The number of nitrogens with two attached hydrogens (primary N) is 1. The van der Waals surface area contributed by atoms with E-state index in [9.17, 15) is 4.79 Å². The topological polar surface area (TPSA) is 60.5 Å². The van der Waals surface area contributed by atoms with Crippen molar-refractivity contribution >= 4 is 29.1 Å². The van der Waals surface area contributed by atoms with Crippen LogP contribution in [0.4, 0.5) is 4.79 Å². The molecule has 0 aliphatic carbocycles. The Balaban J connectivity index is 2.02. The first kappa shape index (κ1) is 19.2. The zero-order valence-electron chi connectivity index (χ0n) is 16.4. The third-order valence-electron chi connectivity index (χ3n) is 4.86. The minimum Gasteiger partial charge on any atom is -0.444 e. The molecule has 0 bridgehead atoms. The number of hydrogen-bond acceptors (Lipinski definition) is 3. The van der Waals surface area contributed by atoms with Crippen molar-refractivity contribution in [2.24, 2.45) is 5.73 Å². The summed E-state index contributed by atoms with van der Waals surface area (Å²) in [6.45, 7) is 14.7. The van der Waals surface area contributed by atoms with Gasteiger partial charge in [-0.25, -0.2) is 4.79 Å². The Labute approximate surface area is 161 Å². The predicted molar refractivity (Wildman–Crippen MR) is 112 cm³/mol. The maximum Gasteiger partial charge on any atom is 0.410 e. The number of benzene rings is 1. The molecule has 5 heteroatoms. The highest BCUT2D eigenvalue weighted by Crippen LogP contribution is 2.34. The van der Waals surface area contributed by atoms with Gasteiger partial charge in [-0.1, -0.05) is 37.4 Å². The molecule has 1 amide bonds. The van der Waals surface area contributed by atoms with Gasteiger partial charge in [-0.15, -0.1) is 0 Å². The van der Waals surface area contributed by atoms with Crippen molar-refractivity contribution in [2.75, 3.05) is 13.1 Å². The monoisotopic (exact) mass is 367 g/mol.